The summed E-state index contributed by atoms with van der Waals surface area (Å²) in [5.74, 6) is 1.05. The van der Waals surface area contributed by atoms with Crippen molar-refractivity contribution in [3.63, 3.8) is 0 Å². The molecule has 86 valence electrons. The van der Waals surface area contributed by atoms with Gasteiger partial charge < -0.3 is 15.2 Å². The smallest absolute Gasteiger partial charge is 0.123 e. The lowest BCUT2D eigenvalue weighted by Gasteiger charge is -2.15. The SMILES string of the molecule is COc1cc(C(C#N)CN)c(OC)cc1C. The van der Waals surface area contributed by atoms with Crippen molar-refractivity contribution in [3.8, 4) is 17.6 Å². The van der Waals surface area contributed by atoms with Gasteiger partial charge in [0.15, 0.2) is 0 Å². The van der Waals surface area contributed by atoms with Crippen molar-refractivity contribution < 1.29 is 9.47 Å². The number of nitrogens with two attached hydrogens (primary N) is 1. The summed E-state index contributed by atoms with van der Waals surface area (Å²) in [4.78, 5) is 0. The molecule has 0 aliphatic rings. The molecule has 4 heteroatoms. The van der Waals surface area contributed by atoms with Crippen molar-refractivity contribution in [1.82, 2.24) is 0 Å². The summed E-state index contributed by atoms with van der Waals surface area (Å²) in [6, 6.07) is 5.82. The Morgan fingerprint density at radius 3 is 2.38 bits per heavy atom. The molecule has 0 spiro atoms. The summed E-state index contributed by atoms with van der Waals surface area (Å²) in [7, 11) is 3.18. The number of benzene rings is 1. The molecule has 0 radical (unpaired) electrons. The number of rotatable bonds is 4. The highest BCUT2D eigenvalue weighted by Crippen LogP contribution is 2.32. The number of nitriles is 1. The van der Waals surface area contributed by atoms with Gasteiger partial charge in [0.1, 0.15) is 11.5 Å². The van der Waals surface area contributed by atoms with E-state index in [9.17, 15) is 0 Å². The van der Waals surface area contributed by atoms with Crippen LogP contribution >= 0.6 is 0 Å². The monoisotopic (exact) mass is 220 g/mol. The molecule has 0 bridgehead atoms. The third kappa shape index (κ3) is 2.26. The van der Waals surface area contributed by atoms with Crippen LogP contribution in [-0.4, -0.2) is 20.8 Å². The van der Waals surface area contributed by atoms with Crippen LogP contribution in [0.2, 0.25) is 0 Å². The first-order chi connectivity index (χ1) is 7.67. The summed E-state index contributed by atoms with van der Waals surface area (Å²) in [5.41, 5.74) is 7.29. The third-order valence-corrected chi connectivity index (χ3v) is 2.51. The van der Waals surface area contributed by atoms with Gasteiger partial charge >= 0.3 is 0 Å². The summed E-state index contributed by atoms with van der Waals surface area (Å²) in [5, 5.41) is 9.01. The van der Waals surface area contributed by atoms with E-state index in [1.165, 1.54) is 0 Å². The molecule has 1 rings (SSSR count). The Hall–Kier alpha value is -1.73. The normalized spacial score (nSPS) is 11.7. The van der Waals surface area contributed by atoms with Crippen molar-refractivity contribution in [2.75, 3.05) is 20.8 Å². The Bertz CT molecular complexity index is 410. The molecular formula is C12H16N2O2. The lowest BCUT2D eigenvalue weighted by molar-refractivity contribution is 0.395. The maximum atomic E-state index is 9.01. The maximum absolute atomic E-state index is 9.01. The van der Waals surface area contributed by atoms with Gasteiger partial charge in [-0.2, -0.15) is 5.26 Å². The second-order valence-electron chi connectivity index (χ2n) is 3.48. The minimum atomic E-state index is -0.371. The van der Waals surface area contributed by atoms with Crippen LogP contribution in [0.4, 0.5) is 0 Å². The summed E-state index contributed by atoms with van der Waals surface area (Å²) < 4.78 is 10.5. The Labute approximate surface area is 95.6 Å². The van der Waals surface area contributed by atoms with Crippen molar-refractivity contribution in [3.05, 3.63) is 23.3 Å². The Morgan fingerprint density at radius 1 is 1.31 bits per heavy atom. The van der Waals surface area contributed by atoms with Gasteiger partial charge in [-0.15, -0.1) is 0 Å². The van der Waals surface area contributed by atoms with E-state index in [1.807, 2.05) is 19.1 Å². The van der Waals surface area contributed by atoms with E-state index in [-0.39, 0.29) is 12.5 Å². The first kappa shape index (κ1) is 12.3. The van der Waals surface area contributed by atoms with Crippen LogP contribution in [0, 0.1) is 18.3 Å². The maximum Gasteiger partial charge on any atom is 0.123 e. The van der Waals surface area contributed by atoms with Crippen LogP contribution in [-0.2, 0) is 0 Å². The van der Waals surface area contributed by atoms with Gasteiger partial charge in [0.2, 0.25) is 0 Å². The molecular weight excluding hydrogens is 204 g/mol. The van der Waals surface area contributed by atoms with E-state index in [0.717, 1.165) is 16.9 Å². The molecule has 0 saturated carbocycles. The topological polar surface area (TPSA) is 68.3 Å². The molecule has 1 aromatic carbocycles. The predicted molar refractivity (Wildman–Crippen MR) is 61.7 cm³/mol. The van der Waals surface area contributed by atoms with E-state index < -0.39 is 0 Å². The van der Waals surface area contributed by atoms with Gasteiger partial charge in [0.05, 0.1) is 26.2 Å². The highest BCUT2D eigenvalue weighted by Gasteiger charge is 2.16. The summed E-state index contributed by atoms with van der Waals surface area (Å²) >= 11 is 0. The summed E-state index contributed by atoms with van der Waals surface area (Å²) in [6.07, 6.45) is 0. The van der Waals surface area contributed by atoms with Crippen LogP contribution in [0.5, 0.6) is 11.5 Å². The largest absolute Gasteiger partial charge is 0.496 e. The summed E-state index contributed by atoms with van der Waals surface area (Å²) in [6.45, 7) is 2.19. The first-order valence-corrected chi connectivity index (χ1v) is 5.00. The number of ether oxygens (including phenoxy) is 2. The van der Waals surface area contributed by atoms with Crippen LogP contribution < -0.4 is 15.2 Å². The van der Waals surface area contributed by atoms with Crippen LogP contribution in [0.3, 0.4) is 0 Å². The van der Waals surface area contributed by atoms with Gasteiger partial charge in [-0.25, -0.2) is 0 Å². The Morgan fingerprint density at radius 2 is 1.94 bits per heavy atom. The third-order valence-electron chi connectivity index (χ3n) is 2.51. The molecule has 0 heterocycles. The standard InChI is InChI=1S/C12H16N2O2/c1-8-4-12(16-3)10(5-11(8)15-2)9(6-13)7-14/h4-5,9H,6,13H2,1-3H3. The number of methoxy groups -OCH3 is 2. The number of aryl methyl sites for hydroxylation is 1. The van der Waals surface area contributed by atoms with Crippen LogP contribution in [0.1, 0.15) is 17.0 Å². The van der Waals surface area contributed by atoms with Gasteiger partial charge in [-0.05, 0) is 24.6 Å². The van der Waals surface area contributed by atoms with E-state index >= 15 is 0 Å². The van der Waals surface area contributed by atoms with E-state index in [0.29, 0.717) is 5.75 Å². The zero-order valence-electron chi connectivity index (χ0n) is 9.78. The first-order valence-electron chi connectivity index (χ1n) is 5.00. The number of nitrogens with zero attached hydrogens (tertiary/aromatic N) is 1. The van der Waals surface area contributed by atoms with Crippen molar-refractivity contribution in [2.45, 2.75) is 12.8 Å². The zero-order chi connectivity index (χ0) is 12.1. The number of hydrogen-bond donors (Lipinski definition) is 1. The average molecular weight is 220 g/mol. The fourth-order valence-electron chi connectivity index (χ4n) is 1.60. The average Bonchev–Trinajstić information content (AvgIpc) is 2.31. The molecule has 0 amide bonds. The molecule has 4 nitrogen and oxygen atoms in total. The molecule has 0 aliphatic heterocycles. The van der Waals surface area contributed by atoms with Crippen molar-refractivity contribution in [1.29, 1.82) is 5.26 Å². The van der Waals surface area contributed by atoms with Gasteiger partial charge in [-0.1, -0.05) is 0 Å². The van der Waals surface area contributed by atoms with Crippen LogP contribution in [0.25, 0.3) is 0 Å². The van der Waals surface area contributed by atoms with Crippen molar-refractivity contribution >= 4 is 0 Å². The highest BCUT2D eigenvalue weighted by atomic mass is 16.5. The molecule has 16 heavy (non-hydrogen) atoms. The Kier molecular flexibility index (Phi) is 4.15. The highest BCUT2D eigenvalue weighted by molar-refractivity contribution is 5.49. The van der Waals surface area contributed by atoms with Gasteiger partial charge in [0.25, 0.3) is 0 Å². The van der Waals surface area contributed by atoms with E-state index in [2.05, 4.69) is 6.07 Å². The fraction of sp³-hybridized carbons (Fsp3) is 0.417. The lowest BCUT2D eigenvalue weighted by Crippen LogP contribution is -2.12. The quantitative estimate of drug-likeness (QED) is 0.836. The molecule has 0 aliphatic carbocycles. The number of hydrogen-bond acceptors (Lipinski definition) is 4. The zero-order valence-corrected chi connectivity index (χ0v) is 9.78. The molecule has 2 N–H and O–H groups in total. The minimum absolute atomic E-state index is 0.263. The second kappa shape index (κ2) is 5.38. The molecule has 0 aromatic heterocycles. The van der Waals surface area contributed by atoms with Gasteiger partial charge in [-0.3, -0.25) is 0 Å². The van der Waals surface area contributed by atoms with E-state index in [1.54, 1.807) is 14.2 Å². The molecule has 1 atom stereocenters. The predicted octanol–water partition coefficient (Wildman–Crippen LogP) is 1.58. The van der Waals surface area contributed by atoms with Crippen molar-refractivity contribution in [2.24, 2.45) is 5.73 Å². The Balaban J connectivity index is 3.30. The fourth-order valence-corrected chi connectivity index (χ4v) is 1.60. The molecule has 0 fully saturated rings. The minimum Gasteiger partial charge on any atom is -0.496 e. The van der Waals surface area contributed by atoms with E-state index in [4.69, 9.17) is 20.5 Å². The lowest BCUT2D eigenvalue weighted by atomic mass is 9.97. The molecule has 0 saturated heterocycles. The second-order valence-corrected chi connectivity index (χ2v) is 3.48. The van der Waals surface area contributed by atoms with Gasteiger partial charge in [0, 0.05) is 12.1 Å². The molecule has 1 aromatic rings. The van der Waals surface area contributed by atoms with Crippen LogP contribution in [0.15, 0.2) is 12.1 Å². The molecule has 1 unspecified atom stereocenters.